The summed E-state index contributed by atoms with van der Waals surface area (Å²) >= 11 is 0. The van der Waals surface area contributed by atoms with E-state index in [2.05, 4.69) is 15.9 Å². The van der Waals surface area contributed by atoms with Crippen LogP contribution in [0.4, 0.5) is 11.4 Å². The molecule has 3 aromatic rings. The van der Waals surface area contributed by atoms with Gasteiger partial charge < -0.3 is 23.8 Å². The fraction of sp³-hybridized carbons (Fsp3) is 0.355. The number of hydrogen-bond acceptors (Lipinski definition) is 9. The zero-order chi connectivity index (χ0) is 27.1. The number of carbonyl (C=O) groups excluding carboxylic acids is 2. The van der Waals surface area contributed by atoms with Crippen LogP contribution in [-0.2, 0) is 25.6 Å². The monoisotopic (exact) mass is 541 g/mol. The summed E-state index contributed by atoms with van der Waals surface area (Å²) in [5, 5.41) is 0. The molecule has 0 aromatic heterocycles. The number of hydrogen-bond donors (Lipinski definition) is 0. The SMILES string of the molecule is O=C1OC2(OC1=O)C(CCN1CCN(c3cccc4c3OCCO4)CC1)c1ccccc1N2Cc1ccccc1. The average Bonchev–Trinajstić information content (AvgIpc) is 3.43. The fourth-order valence-electron chi connectivity index (χ4n) is 6.33. The lowest BCUT2D eigenvalue weighted by atomic mass is 9.94. The molecular formula is C31H31N3O6. The van der Waals surface area contributed by atoms with Crippen molar-refractivity contribution in [3.8, 4) is 11.5 Å². The molecule has 4 heterocycles. The molecule has 0 aliphatic carbocycles. The molecule has 1 spiro atoms. The second-order valence-electron chi connectivity index (χ2n) is 10.5. The summed E-state index contributed by atoms with van der Waals surface area (Å²) in [5.41, 5.74) is 4.04. The highest BCUT2D eigenvalue weighted by molar-refractivity contribution is 6.31. The van der Waals surface area contributed by atoms with Crippen LogP contribution in [0.3, 0.4) is 0 Å². The molecular weight excluding hydrogens is 510 g/mol. The Morgan fingerprint density at radius 1 is 0.750 bits per heavy atom. The first kappa shape index (κ1) is 24.8. The number of rotatable bonds is 6. The van der Waals surface area contributed by atoms with E-state index >= 15 is 0 Å². The second-order valence-corrected chi connectivity index (χ2v) is 10.5. The van der Waals surface area contributed by atoms with E-state index in [9.17, 15) is 9.59 Å². The van der Waals surface area contributed by atoms with Crippen molar-refractivity contribution < 1.29 is 28.5 Å². The number of para-hydroxylation sites is 2. The van der Waals surface area contributed by atoms with Crippen molar-refractivity contribution in [2.75, 3.05) is 55.7 Å². The Balaban J connectivity index is 1.09. The van der Waals surface area contributed by atoms with Crippen molar-refractivity contribution >= 4 is 23.3 Å². The maximum absolute atomic E-state index is 12.5. The summed E-state index contributed by atoms with van der Waals surface area (Å²) in [5.74, 6) is -2.06. The molecule has 0 saturated carbocycles. The minimum Gasteiger partial charge on any atom is -0.486 e. The Hall–Kier alpha value is -4.24. The van der Waals surface area contributed by atoms with Crippen LogP contribution < -0.4 is 19.3 Å². The molecule has 1 atom stereocenters. The van der Waals surface area contributed by atoms with Gasteiger partial charge >= 0.3 is 17.8 Å². The minimum atomic E-state index is -1.49. The van der Waals surface area contributed by atoms with Gasteiger partial charge in [0.2, 0.25) is 0 Å². The van der Waals surface area contributed by atoms with Crippen molar-refractivity contribution in [1.82, 2.24) is 4.90 Å². The normalized spacial score (nSPS) is 21.4. The molecule has 2 saturated heterocycles. The maximum atomic E-state index is 12.5. The molecule has 206 valence electrons. The number of carbonyl (C=O) groups is 2. The average molecular weight is 542 g/mol. The summed E-state index contributed by atoms with van der Waals surface area (Å²) < 4.78 is 23.4. The smallest absolute Gasteiger partial charge is 0.422 e. The van der Waals surface area contributed by atoms with Gasteiger partial charge in [-0.1, -0.05) is 54.6 Å². The van der Waals surface area contributed by atoms with Gasteiger partial charge in [0, 0.05) is 31.9 Å². The van der Waals surface area contributed by atoms with Crippen LogP contribution in [0.2, 0.25) is 0 Å². The van der Waals surface area contributed by atoms with E-state index in [1.165, 1.54) is 0 Å². The van der Waals surface area contributed by atoms with Crippen molar-refractivity contribution in [2.45, 2.75) is 24.8 Å². The van der Waals surface area contributed by atoms with Gasteiger partial charge in [0.1, 0.15) is 13.2 Å². The molecule has 2 fully saturated rings. The van der Waals surface area contributed by atoms with Crippen LogP contribution in [0.5, 0.6) is 11.5 Å². The molecule has 9 heteroatoms. The molecule has 40 heavy (non-hydrogen) atoms. The summed E-state index contributed by atoms with van der Waals surface area (Å²) in [7, 11) is 0. The van der Waals surface area contributed by atoms with Crippen LogP contribution in [0.15, 0.2) is 72.8 Å². The quantitative estimate of drug-likeness (QED) is 0.344. The first-order valence-corrected chi connectivity index (χ1v) is 13.8. The van der Waals surface area contributed by atoms with E-state index in [0.29, 0.717) is 26.2 Å². The largest absolute Gasteiger partial charge is 0.486 e. The lowest BCUT2D eigenvalue weighted by Gasteiger charge is -2.39. The fourth-order valence-corrected chi connectivity index (χ4v) is 6.33. The Labute approximate surface area is 232 Å². The van der Waals surface area contributed by atoms with Gasteiger partial charge in [-0.2, -0.15) is 0 Å². The van der Waals surface area contributed by atoms with Crippen LogP contribution in [-0.4, -0.2) is 68.7 Å². The van der Waals surface area contributed by atoms with Crippen molar-refractivity contribution in [1.29, 1.82) is 0 Å². The van der Waals surface area contributed by atoms with E-state index in [1.807, 2.05) is 71.6 Å². The van der Waals surface area contributed by atoms with Crippen LogP contribution >= 0.6 is 0 Å². The third-order valence-corrected chi connectivity index (χ3v) is 8.24. The summed E-state index contributed by atoms with van der Waals surface area (Å²) in [6, 6.07) is 24.0. The highest BCUT2D eigenvalue weighted by Gasteiger charge is 2.63. The second kappa shape index (κ2) is 10.1. The van der Waals surface area contributed by atoms with Crippen molar-refractivity contribution in [3.05, 3.63) is 83.9 Å². The number of ether oxygens (including phenoxy) is 4. The molecule has 9 nitrogen and oxygen atoms in total. The molecule has 0 amide bonds. The molecule has 0 bridgehead atoms. The molecule has 1 unspecified atom stereocenters. The standard InChI is InChI=1S/C31H31N3O6/c35-29-30(36)40-31(39-29)24(23-9-4-5-10-25(23)34(31)21-22-7-2-1-3-8-22)13-14-32-15-17-33(18-16-32)26-11-6-12-27-28(26)38-20-19-37-27/h1-12,24H,13-21H2. The molecule has 7 rings (SSSR count). The van der Waals surface area contributed by atoms with Gasteiger partial charge in [-0.25, -0.2) is 9.59 Å². The van der Waals surface area contributed by atoms with Gasteiger partial charge in [0.15, 0.2) is 11.5 Å². The van der Waals surface area contributed by atoms with E-state index in [1.54, 1.807) is 0 Å². The third-order valence-electron chi connectivity index (χ3n) is 8.24. The number of nitrogens with zero attached hydrogens (tertiary/aromatic N) is 3. The van der Waals surface area contributed by atoms with E-state index in [-0.39, 0.29) is 5.92 Å². The highest BCUT2D eigenvalue weighted by Crippen LogP contribution is 2.53. The zero-order valence-corrected chi connectivity index (χ0v) is 22.2. The topological polar surface area (TPSA) is 80.8 Å². The van der Waals surface area contributed by atoms with E-state index < -0.39 is 17.8 Å². The molecule has 4 aliphatic rings. The van der Waals surface area contributed by atoms with Crippen molar-refractivity contribution in [3.63, 3.8) is 0 Å². The van der Waals surface area contributed by atoms with Crippen molar-refractivity contribution in [2.24, 2.45) is 0 Å². The van der Waals surface area contributed by atoms with Crippen LogP contribution in [0.1, 0.15) is 23.5 Å². The van der Waals surface area contributed by atoms with Gasteiger partial charge in [-0.15, -0.1) is 0 Å². The number of benzene rings is 3. The lowest BCUT2D eigenvalue weighted by molar-refractivity contribution is -0.186. The summed E-state index contributed by atoms with van der Waals surface area (Å²) in [4.78, 5) is 31.6. The Kier molecular flexibility index (Phi) is 6.23. The molecule has 0 N–H and O–H groups in total. The molecule has 0 radical (unpaired) electrons. The number of anilines is 2. The zero-order valence-electron chi connectivity index (χ0n) is 22.2. The highest BCUT2D eigenvalue weighted by atomic mass is 16.8. The van der Waals surface area contributed by atoms with Gasteiger partial charge in [0.05, 0.1) is 18.2 Å². The molecule has 3 aromatic carbocycles. The summed E-state index contributed by atoms with van der Waals surface area (Å²) in [6.07, 6.45) is 0.667. The first-order valence-electron chi connectivity index (χ1n) is 13.8. The summed E-state index contributed by atoms with van der Waals surface area (Å²) in [6.45, 7) is 5.82. The lowest BCUT2D eigenvalue weighted by Crippen LogP contribution is -2.51. The Bertz CT molecular complexity index is 1410. The third kappa shape index (κ3) is 4.21. The Morgan fingerprint density at radius 3 is 2.25 bits per heavy atom. The number of esters is 2. The first-order chi connectivity index (χ1) is 19.6. The number of piperazine rings is 1. The van der Waals surface area contributed by atoms with Gasteiger partial charge in [-0.05, 0) is 42.3 Å². The van der Waals surface area contributed by atoms with Gasteiger partial charge in [0.25, 0.3) is 0 Å². The van der Waals surface area contributed by atoms with E-state index in [4.69, 9.17) is 18.9 Å². The van der Waals surface area contributed by atoms with Crippen LogP contribution in [0, 0.1) is 0 Å². The van der Waals surface area contributed by atoms with Crippen LogP contribution in [0.25, 0.3) is 0 Å². The predicted octanol–water partition coefficient (Wildman–Crippen LogP) is 3.53. The maximum Gasteiger partial charge on any atom is 0.422 e. The minimum absolute atomic E-state index is 0.312. The molecule has 4 aliphatic heterocycles. The predicted molar refractivity (Wildman–Crippen MR) is 147 cm³/mol. The number of fused-ring (bicyclic) bond motifs is 2. The Morgan fingerprint density at radius 2 is 1.45 bits per heavy atom. The van der Waals surface area contributed by atoms with Gasteiger partial charge in [-0.3, -0.25) is 9.80 Å². The van der Waals surface area contributed by atoms with E-state index in [0.717, 1.165) is 66.7 Å².